The molecule has 0 aromatic rings. The number of amides is 2. The third-order valence-corrected chi connectivity index (χ3v) is 4.59. The normalized spacial score (nSPS) is 27.1. The van der Waals surface area contributed by atoms with Crippen molar-refractivity contribution in [2.45, 2.75) is 31.7 Å². The minimum atomic E-state index is 0.105. The molecule has 0 unspecified atom stereocenters. The number of piperidine rings is 1. The molecule has 21 heavy (non-hydrogen) atoms. The predicted molar refractivity (Wildman–Crippen MR) is 82.8 cm³/mol. The van der Waals surface area contributed by atoms with Gasteiger partial charge in [-0.1, -0.05) is 6.08 Å². The second kappa shape index (κ2) is 7.07. The number of carbonyl (C=O) groups is 2. The van der Waals surface area contributed by atoms with Crippen molar-refractivity contribution in [1.82, 2.24) is 14.7 Å². The molecule has 0 aromatic carbocycles. The number of nitrogens with zero attached hydrogens (tertiary/aromatic N) is 3. The van der Waals surface area contributed by atoms with E-state index in [1.54, 1.807) is 6.08 Å². The van der Waals surface area contributed by atoms with Crippen molar-refractivity contribution in [3.8, 4) is 0 Å². The molecule has 0 radical (unpaired) electrons. The lowest BCUT2D eigenvalue weighted by molar-refractivity contribution is -0.134. The molecule has 2 aliphatic rings. The Morgan fingerprint density at radius 3 is 2.86 bits per heavy atom. The summed E-state index contributed by atoms with van der Waals surface area (Å²) in [6.45, 7) is 2.32. The molecule has 2 heterocycles. The summed E-state index contributed by atoms with van der Waals surface area (Å²) >= 11 is 0. The Kier molecular flexibility index (Phi) is 5.39. The van der Waals surface area contributed by atoms with Gasteiger partial charge in [0, 0.05) is 45.2 Å². The van der Waals surface area contributed by atoms with Crippen LogP contribution in [0, 0.1) is 5.92 Å². The molecular weight excluding hydrogens is 266 g/mol. The van der Waals surface area contributed by atoms with Gasteiger partial charge in [-0.3, -0.25) is 9.59 Å². The molecule has 0 aliphatic carbocycles. The molecule has 5 nitrogen and oxygen atoms in total. The zero-order valence-electron chi connectivity index (χ0n) is 13.4. The van der Waals surface area contributed by atoms with Crippen LogP contribution >= 0.6 is 0 Å². The van der Waals surface area contributed by atoms with E-state index in [0.29, 0.717) is 18.4 Å². The van der Waals surface area contributed by atoms with E-state index < -0.39 is 0 Å². The molecule has 0 spiro atoms. The largest absolute Gasteiger partial charge is 0.342 e. The molecule has 0 N–H and O–H groups in total. The fraction of sp³-hybridized carbons (Fsp3) is 0.750. The Labute approximate surface area is 127 Å². The molecule has 2 rings (SSSR count). The Balaban J connectivity index is 1.94. The van der Waals surface area contributed by atoms with E-state index in [9.17, 15) is 9.59 Å². The molecule has 2 fully saturated rings. The van der Waals surface area contributed by atoms with Crippen LogP contribution in [0.2, 0.25) is 0 Å². The zero-order valence-corrected chi connectivity index (χ0v) is 13.4. The first-order chi connectivity index (χ1) is 9.99. The van der Waals surface area contributed by atoms with Gasteiger partial charge in [-0.05, 0) is 39.3 Å². The van der Waals surface area contributed by atoms with Crippen LogP contribution in [0.15, 0.2) is 12.2 Å². The predicted octanol–water partition coefficient (Wildman–Crippen LogP) is 0.964. The molecule has 0 aromatic heterocycles. The summed E-state index contributed by atoms with van der Waals surface area (Å²) in [5, 5.41) is 0. The highest BCUT2D eigenvalue weighted by atomic mass is 16.2. The minimum Gasteiger partial charge on any atom is -0.342 e. The van der Waals surface area contributed by atoms with Crippen molar-refractivity contribution in [2.75, 3.05) is 40.8 Å². The number of carbonyl (C=O) groups excluding carboxylic acids is 2. The highest BCUT2D eigenvalue weighted by molar-refractivity contribution is 5.87. The summed E-state index contributed by atoms with van der Waals surface area (Å²) in [7, 11) is 5.89. The van der Waals surface area contributed by atoms with Crippen molar-refractivity contribution < 1.29 is 9.59 Å². The number of likely N-dealkylation sites (N-methyl/N-ethyl adjacent to an activating group) is 1. The highest BCUT2D eigenvalue weighted by Gasteiger charge is 2.36. The van der Waals surface area contributed by atoms with Crippen LogP contribution in [0.5, 0.6) is 0 Å². The third kappa shape index (κ3) is 4.06. The number of hydrogen-bond donors (Lipinski definition) is 0. The number of rotatable bonds is 3. The van der Waals surface area contributed by atoms with Crippen LogP contribution in [-0.4, -0.2) is 73.3 Å². The van der Waals surface area contributed by atoms with Crippen LogP contribution in [0.1, 0.15) is 25.7 Å². The van der Waals surface area contributed by atoms with Gasteiger partial charge in [0.1, 0.15) is 0 Å². The Morgan fingerprint density at radius 1 is 1.38 bits per heavy atom. The van der Waals surface area contributed by atoms with Crippen molar-refractivity contribution in [2.24, 2.45) is 5.92 Å². The first-order valence-electron chi connectivity index (χ1n) is 7.85. The first-order valence-corrected chi connectivity index (χ1v) is 7.85. The summed E-state index contributed by atoms with van der Waals surface area (Å²) in [5.41, 5.74) is 0. The molecular formula is C16H27N3O2. The maximum absolute atomic E-state index is 12.2. The fourth-order valence-electron chi connectivity index (χ4n) is 3.36. The molecule has 118 valence electrons. The van der Waals surface area contributed by atoms with Crippen LogP contribution < -0.4 is 0 Å². The average molecular weight is 293 g/mol. The van der Waals surface area contributed by atoms with Crippen molar-refractivity contribution in [3.05, 3.63) is 12.2 Å². The van der Waals surface area contributed by atoms with E-state index in [4.69, 9.17) is 0 Å². The van der Waals surface area contributed by atoms with Crippen molar-refractivity contribution in [1.29, 1.82) is 0 Å². The van der Waals surface area contributed by atoms with Gasteiger partial charge in [-0.25, -0.2) is 0 Å². The topological polar surface area (TPSA) is 43.9 Å². The molecule has 2 saturated heterocycles. The second-order valence-electron chi connectivity index (χ2n) is 6.46. The summed E-state index contributed by atoms with van der Waals surface area (Å²) < 4.78 is 0. The van der Waals surface area contributed by atoms with Crippen LogP contribution in [-0.2, 0) is 9.59 Å². The third-order valence-electron chi connectivity index (χ3n) is 4.59. The molecule has 0 saturated carbocycles. The quantitative estimate of drug-likeness (QED) is 0.728. The van der Waals surface area contributed by atoms with Gasteiger partial charge >= 0.3 is 0 Å². The summed E-state index contributed by atoms with van der Waals surface area (Å²) in [6.07, 6.45) is 7.15. The van der Waals surface area contributed by atoms with Gasteiger partial charge in [0.05, 0.1) is 0 Å². The summed E-state index contributed by atoms with van der Waals surface area (Å²) in [4.78, 5) is 30.0. The number of hydrogen-bond acceptors (Lipinski definition) is 3. The SMILES string of the molecule is CN(C)CC=CC(=O)N1CC[C@@H]2[C@@H](CCCC(=O)N2C)C1. The Bertz CT molecular complexity index is 420. The molecule has 5 heteroatoms. The molecule has 0 bridgehead atoms. The van der Waals surface area contributed by atoms with Crippen LogP contribution in [0.4, 0.5) is 0 Å². The maximum Gasteiger partial charge on any atom is 0.246 e. The molecule has 2 aliphatic heterocycles. The first kappa shape index (κ1) is 16.0. The molecule has 2 amide bonds. The van der Waals surface area contributed by atoms with Gasteiger partial charge in [0.25, 0.3) is 0 Å². The highest BCUT2D eigenvalue weighted by Crippen LogP contribution is 2.29. The van der Waals surface area contributed by atoms with Crippen LogP contribution in [0.25, 0.3) is 0 Å². The van der Waals surface area contributed by atoms with E-state index in [1.807, 2.05) is 41.9 Å². The Hall–Kier alpha value is -1.36. The van der Waals surface area contributed by atoms with E-state index in [0.717, 1.165) is 38.9 Å². The van der Waals surface area contributed by atoms with Gasteiger partial charge in [0.15, 0.2) is 0 Å². The maximum atomic E-state index is 12.2. The van der Waals surface area contributed by atoms with Crippen molar-refractivity contribution in [3.63, 3.8) is 0 Å². The van der Waals surface area contributed by atoms with Crippen molar-refractivity contribution >= 4 is 11.8 Å². The van der Waals surface area contributed by atoms with E-state index in [2.05, 4.69) is 0 Å². The van der Waals surface area contributed by atoms with E-state index >= 15 is 0 Å². The van der Waals surface area contributed by atoms with E-state index in [1.165, 1.54) is 0 Å². The standard InChI is InChI=1S/C16H27N3O2/c1-17(2)10-5-8-16(21)19-11-9-14-13(12-19)6-4-7-15(20)18(14)3/h5,8,13-14H,4,6-7,9-12H2,1-3H3/t13-,14+/m0/s1. The second-order valence-corrected chi connectivity index (χ2v) is 6.46. The number of fused-ring (bicyclic) bond motifs is 1. The number of likely N-dealkylation sites (tertiary alicyclic amines) is 2. The van der Waals surface area contributed by atoms with Gasteiger partial charge in [0.2, 0.25) is 11.8 Å². The summed E-state index contributed by atoms with van der Waals surface area (Å²) in [5.74, 6) is 0.795. The van der Waals surface area contributed by atoms with Gasteiger partial charge < -0.3 is 14.7 Å². The fourth-order valence-corrected chi connectivity index (χ4v) is 3.36. The Morgan fingerprint density at radius 2 is 2.14 bits per heavy atom. The zero-order chi connectivity index (χ0) is 15.4. The van der Waals surface area contributed by atoms with Gasteiger partial charge in [-0.2, -0.15) is 0 Å². The minimum absolute atomic E-state index is 0.105. The van der Waals surface area contributed by atoms with Gasteiger partial charge in [-0.15, -0.1) is 0 Å². The van der Waals surface area contributed by atoms with E-state index in [-0.39, 0.29) is 11.8 Å². The lowest BCUT2D eigenvalue weighted by atomic mass is 9.88. The lowest BCUT2D eigenvalue weighted by Gasteiger charge is -2.41. The monoisotopic (exact) mass is 293 g/mol. The molecule has 2 atom stereocenters. The smallest absolute Gasteiger partial charge is 0.246 e. The summed E-state index contributed by atoms with van der Waals surface area (Å²) in [6, 6.07) is 0.315. The lowest BCUT2D eigenvalue weighted by Crippen LogP contribution is -2.51. The average Bonchev–Trinajstić information content (AvgIpc) is 2.58. The van der Waals surface area contributed by atoms with Crippen LogP contribution in [0.3, 0.4) is 0 Å².